The topological polar surface area (TPSA) is 47.6 Å². The van der Waals surface area contributed by atoms with Gasteiger partial charge >= 0.3 is 0 Å². The van der Waals surface area contributed by atoms with Gasteiger partial charge in [0.2, 0.25) is 0 Å². The Kier molecular flexibility index (Phi) is 7.06. The van der Waals surface area contributed by atoms with Gasteiger partial charge in [0.15, 0.2) is 0 Å². The number of likely N-dealkylation sites (N-methyl/N-ethyl adjacent to an activating group) is 1. The second kappa shape index (κ2) is 9.04. The summed E-state index contributed by atoms with van der Waals surface area (Å²) in [6, 6.07) is 8.88. The van der Waals surface area contributed by atoms with Crippen LogP contribution in [-0.2, 0) is 0 Å². The number of rotatable bonds is 7. The van der Waals surface area contributed by atoms with Crippen molar-refractivity contribution in [3.05, 3.63) is 29.8 Å². The van der Waals surface area contributed by atoms with Crippen LogP contribution in [0.25, 0.3) is 0 Å². The zero-order chi connectivity index (χ0) is 17.5. The van der Waals surface area contributed by atoms with Gasteiger partial charge in [-0.05, 0) is 51.6 Å². The number of nitrogens with zero attached hydrogens (tertiary/aromatic N) is 2. The Bertz CT molecular complexity index is 507. The number of hydrogen-bond acceptors (Lipinski definition) is 4. The van der Waals surface area contributed by atoms with Gasteiger partial charge in [-0.15, -0.1) is 0 Å². The van der Waals surface area contributed by atoms with Crippen LogP contribution in [0, 0.1) is 0 Å². The van der Waals surface area contributed by atoms with Crippen molar-refractivity contribution in [2.45, 2.75) is 39.8 Å². The van der Waals surface area contributed by atoms with Crippen LogP contribution >= 0.6 is 0 Å². The standard InChI is InChI=1S/C19H32N4O/c1-5-20-16(4)14-21-19(24)17-6-8-18(9-7-17)23-12-10-22(11-13-23)15(2)3/h6-9,15-16,20H,5,10-14H2,1-4H3,(H,21,24)/t16-/m1/s1. The highest BCUT2D eigenvalue weighted by atomic mass is 16.1. The first-order valence-corrected chi connectivity index (χ1v) is 9.12. The summed E-state index contributed by atoms with van der Waals surface area (Å²) < 4.78 is 0. The van der Waals surface area contributed by atoms with Gasteiger partial charge in [-0.2, -0.15) is 0 Å². The first-order chi connectivity index (χ1) is 11.5. The summed E-state index contributed by atoms with van der Waals surface area (Å²) in [6.07, 6.45) is 0. The van der Waals surface area contributed by atoms with E-state index in [-0.39, 0.29) is 11.9 Å². The molecule has 24 heavy (non-hydrogen) atoms. The highest BCUT2D eigenvalue weighted by Gasteiger charge is 2.19. The summed E-state index contributed by atoms with van der Waals surface area (Å²) >= 11 is 0. The Morgan fingerprint density at radius 2 is 1.71 bits per heavy atom. The molecular weight excluding hydrogens is 300 g/mol. The van der Waals surface area contributed by atoms with Crippen molar-refractivity contribution >= 4 is 11.6 Å². The van der Waals surface area contributed by atoms with Crippen molar-refractivity contribution in [3.63, 3.8) is 0 Å². The molecule has 1 atom stereocenters. The third kappa shape index (κ3) is 5.21. The highest BCUT2D eigenvalue weighted by Crippen LogP contribution is 2.18. The summed E-state index contributed by atoms with van der Waals surface area (Å²) in [4.78, 5) is 17.1. The lowest BCUT2D eigenvalue weighted by Crippen LogP contribution is -2.48. The summed E-state index contributed by atoms with van der Waals surface area (Å²) in [5.74, 6) is -0.00377. The Labute approximate surface area is 146 Å². The van der Waals surface area contributed by atoms with E-state index < -0.39 is 0 Å². The molecule has 1 saturated heterocycles. The Balaban J connectivity index is 1.85. The first-order valence-electron chi connectivity index (χ1n) is 9.12. The molecule has 5 heteroatoms. The molecule has 0 radical (unpaired) electrons. The molecule has 1 aliphatic rings. The van der Waals surface area contributed by atoms with E-state index in [1.807, 2.05) is 12.1 Å². The second-order valence-corrected chi connectivity index (χ2v) is 6.83. The molecule has 2 rings (SSSR count). The Morgan fingerprint density at radius 3 is 2.25 bits per heavy atom. The lowest BCUT2D eigenvalue weighted by atomic mass is 10.1. The van der Waals surface area contributed by atoms with Gasteiger partial charge in [-0.25, -0.2) is 0 Å². The van der Waals surface area contributed by atoms with Crippen molar-refractivity contribution in [2.75, 3.05) is 44.2 Å². The van der Waals surface area contributed by atoms with Gasteiger partial charge < -0.3 is 15.5 Å². The maximum atomic E-state index is 12.2. The minimum Gasteiger partial charge on any atom is -0.369 e. The van der Waals surface area contributed by atoms with Crippen LogP contribution in [0.15, 0.2) is 24.3 Å². The van der Waals surface area contributed by atoms with Crippen LogP contribution in [0.5, 0.6) is 0 Å². The molecule has 0 aliphatic carbocycles. The maximum Gasteiger partial charge on any atom is 0.251 e. The largest absolute Gasteiger partial charge is 0.369 e. The van der Waals surface area contributed by atoms with Crippen LogP contribution in [0.3, 0.4) is 0 Å². The van der Waals surface area contributed by atoms with Gasteiger partial charge in [0, 0.05) is 56.1 Å². The van der Waals surface area contributed by atoms with E-state index in [2.05, 4.69) is 60.3 Å². The molecule has 0 bridgehead atoms. The van der Waals surface area contributed by atoms with E-state index in [1.54, 1.807) is 0 Å². The van der Waals surface area contributed by atoms with Crippen molar-refractivity contribution in [2.24, 2.45) is 0 Å². The molecule has 5 nitrogen and oxygen atoms in total. The molecule has 1 fully saturated rings. The zero-order valence-corrected chi connectivity index (χ0v) is 15.5. The smallest absolute Gasteiger partial charge is 0.251 e. The predicted molar refractivity (Wildman–Crippen MR) is 101 cm³/mol. The van der Waals surface area contributed by atoms with Crippen molar-refractivity contribution in [1.29, 1.82) is 0 Å². The van der Waals surface area contributed by atoms with E-state index >= 15 is 0 Å². The molecule has 1 aliphatic heterocycles. The Hall–Kier alpha value is -1.59. The lowest BCUT2D eigenvalue weighted by Gasteiger charge is -2.38. The minimum absolute atomic E-state index is 0.00377. The Morgan fingerprint density at radius 1 is 1.08 bits per heavy atom. The molecule has 1 heterocycles. The molecule has 0 saturated carbocycles. The molecule has 0 spiro atoms. The van der Waals surface area contributed by atoms with E-state index in [1.165, 1.54) is 5.69 Å². The van der Waals surface area contributed by atoms with Crippen LogP contribution in [0.4, 0.5) is 5.69 Å². The number of carbonyl (C=O) groups excluding carboxylic acids is 1. The highest BCUT2D eigenvalue weighted by molar-refractivity contribution is 5.94. The van der Waals surface area contributed by atoms with Crippen LogP contribution in [0.1, 0.15) is 38.1 Å². The average Bonchev–Trinajstić information content (AvgIpc) is 2.60. The first kappa shape index (κ1) is 18.7. The fourth-order valence-electron chi connectivity index (χ4n) is 3.09. The quantitative estimate of drug-likeness (QED) is 0.801. The second-order valence-electron chi connectivity index (χ2n) is 6.83. The third-order valence-electron chi connectivity index (χ3n) is 4.66. The number of nitrogens with one attached hydrogen (secondary N) is 2. The molecule has 0 aromatic heterocycles. The monoisotopic (exact) mass is 332 g/mol. The zero-order valence-electron chi connectivity index (χ0n) is 15.5. The van der Waals surface area contributed by atoms with Gasteiger partial charge in [0.1, 0.15) is 0 Å². The molecular formula is C19H32N4O. The fourth-order valence-corrected chi connectivity index (χ4v) is 3.09. The van der Waals surface area contributed by atoms with Gasteiger partial charge in [0.05, 0.1) is 0 Å². The summed E-state index contributed by atoms with van der Waals surface area (Å²) in [6.45, 7) is 14.5. The average molecular weight is 332 g/mol. The number of piperazine rings is 1. The normalized spacial score (nSPS) is 17.1. The third-order valence-corrected chi connectivity index (χ3v) is 4.66. The minimum atomic E-state index is -0.00377. The molecule has 1 aromatic carbocycles. The van der Waals surface area contributed by atoms with Gasteiger partial charge in [-0.1, -0.05) is 6.92 Å². The summed E-state index contributed by atoms with van der Waals surface area (Å²) in [5, 5.41) is 6.27. The van der Waals surface area contributed by atoms with Crippen LogP contribution < -0.4 is 15.5 Å². The number of amides is 1. The molecule has 2 N–H and O–H groups in total. The summed E-state index contributed by atoms with van der Waals surface area (Å²) in [7, 11) is 0. The van der Waals surface area contributed by atoms with Crippen LogP contribution in [0.2, 0.25) is 0 Å². The number of carbonyl (C=O) groups is 1. The molecule has 1 aromatic rings. The number of benzene rings is 1. The van der Waals surface area contributed by atoms with E-state index in [0.29, 0.717) is 12.6 Å². The number of anilines is 1. The molecule has 0 unspecified atom stereocenters. The maximum absolute atomic E-state index is 12.2. The SMILES string of the molecule is CCN[C@H](C)CNC(=O)c1ccc(N2CCN(C(C)C)CC2)cc1. The number of hydrogen-bond donors (Lipinski definition) is 2. The fraction of sp³-hybridized carbons (Fsp3) is 0.632. The van der Waals surface area contributed by atoms with Crippen LogP contribution in [-0.4, -0.2) is 62.2 Å². The van der Waals surface area contributed by atoms with Crippen molar-refractivity contribution in [3.8, 4) is 0 Å². The van der Waals surface area contributed by atoms with Crippen molar-refractivity contribution in [1.82, 2.24) is 15.5 Å². The van der Waals surface area contributed by atoms with Crippen molar-refractivity contribution < 1.29 is 4.79 Å². The molecule has 1 amide bonds. The van der Waals surface area contributed by atoms with Gasteiger partial charge in [0.25, 0.3) is 5.91 Å². The van der Waals surface area contributed by atoms with E-state index in [0.717, 1.165) is 38.3 Å². The van der Waals surface area contributed by atoms with E-state index in [4.69, 9.17) is 0 Å². The predicted octanol–water partition coefficient (Wildman–Crippen LogP) is 1.94. The lowest BCUT2D eigenvalue weighted by molar-refractivity contribution is 0.0950. The molecule has 134 valence electrons. The summed E-state index contributed by atoms with van der Waals surface area (Å²) in [5.41, 5.74) is 1.93. The van der Waals surface area contributed by atoms with Gasteiger partial charge in [-0.3, -0.25) is 9.69 Å². The van der Waals surface area contributed by atoms with E-state index in [9.17, 15) is 4.79 Å².